The van der Waals surface area contributed by atoms with Gasteiger partial charge in [-0.25, -0.2) is 4.98 Å². The summed E-state index contributed by atoms with van der Waals surface area (Å²) in [5, 5.41) is 13.2. The molecule has 2 N–H and O–H groups in total. The normalized spacial score (nSPS) is 11.0. The highest BCUT2D eigenvalue weighted by Crippen LogP contribution is 2.28. The van der Waals surface area contributed by atoms with Gasteiger partial charge in [-0.05, 0) is 43.7 Å². The molecule has 1 amide bonds. The summed E-state index contributed by atoms with van der Waals surface area (Å²) < 4.78 is 1.49. The van der Waals surface area contributed by atoms with Crippen LogP contribution in [0.1, 0.15) is 10.4 Å². The zero-order valence-electron chi connectivity index (χ0n) is 14.0. The number of hydrogen-bond acceptors (Lipinski definition) is 6. The molecule has 2 aromatic heterocycles. The van der Waals surface area contributed by atoms with Gasteiger partial charge in [0.1, 0.15) is 10.6 Å². The fourth-order valence-electron chi connectivity index (χ4n) is 2.36. The van der Waals surface area contributed by atoms with Crippen LogP contribution in [0.5, 0.6) is 5.75 Å². The molecule has 0 spiro atoms. The first-order valence-corrected chi connectivity index (χ1v) is 9.35. The highest BCUT2D eigenvalue weighted by molar-refractivity contribution is 7.99. The molecular weight excluding hydrogens is 358 g/mol. The second-order valence-corrected chi connectivity index (χ2v) is 7.75. The molecule has 1 aromatic carbocycles. The number of fused-ring (bicyclic) bond motifs is 1. The third kappa shape index (κ3) is 3.54. The van der Waals surface area contributed by atoms with Crippen LogP contribution in [-0.4, -0.2) is 26.3 Å². The quantitative estimate of drug-likeness (QED) is 0.416. The number of thioether (sulfide) groups is 1. The van der Waals surface area contributed by atoms with E-state index in [9.17, 15) is 14.7 Å². The molecule has 0 aliphatic rings. The third-order valence-electron chi connectivity index (χ3n) is 3.85. The van der Waals surface area contributed by atoms with E-state index in [1.807, 2.05) is 13.8 Å². The Bertz CT molecular complexity index is 1010. The lowest BCUT2D eigenvalue weighted by Crippen LogP contribution is -2.21. The van der Waals surface area contributed by atoms with Crippen LogP contribution >= 0.6 is 23.1 Å². The van der Waals surface area contributed by atoms with Crippen LogP contribution in [0.2, 0.25) is 0 Å². The van der Waals surface area contributed by atoms with Crippen LogP contribution in [0.15, 0.2) is 34.2 Å². The molecule has 0 aliphatic carbocycles. The van der Waals surface area contributed by atoms with Crippen LogP contribution in [0.4, 0.5) is 5.69 Å². The fourth-order valence-corrected chi connectivity index (χ4v) is 4.20. The summed E-state index contributed by atoms with van der Waals surface area (Å²) in [6.45, 7) is 3.90. The van der Waals surface area contributed by atoms with Crippen molar-refractivity contribution in [1.29, 1.82) is 0 Å². The van der Waals surface area contributed by atoms with Gasteiger partial charge in [-0.1, -0.05) is 11.8 Å². The molecule has 3 rings (SSSR count). The Morgan fingerprint density at radius 2 is 2.00 bits per heavy atom. The van der Waals surface area contributed by atoms with E-state index in [4.69, 9.17) is 0 Å². The van der Waals surface area contributed by atoms with E-state index in [0.717, 1.165) is 10.4 Å². The number of aromatic hydroxyl groups is 1. The minimum Gasteiger partial charge on any atom is -0.508 e. The number of aromatic nitrogens is 2. The molecule has 0 saturated carbocycles. The highest BCUT2D eigenvalue weighted by Gasteiger charge is 2.15. The molecule has 0 bridgehead atoms. The Hall–Kier alpha value is -2.32. The Morgan fingerprint density at radius 3 is 2.68 bits per heavy atom. The summed E-state index contributed by atoms with van der Waals surface area (Å²) in [4.78, 5) is 30.9. The van der Waals surface area contributed by atoms with Crippen molar-refractivity contribution in [3.8, 4) is 5.75 Å². The summed E-state index contributed by atoms with van der Waals surface area (Å²) in [6.07, 6.45) is 0. The van der Waals surface area contributed by atoms with E-state index < -0.39 is 0 Å². The van der Waals surface area contributed by atoms with Gasteiger partial charge >= 0.3 is 0 Å². The molecule has 0 saturated heterocycles. The van der Waals surface area contributed by atoms with Crippen LogP contribution in [0.3, 0.4) is 0 Å². The van der Waals surface area contributed by atoms with Gasteiger partial charge in [0.15, 0.2) is 5.16 Å². The molecule has 3 aromatic rings. The third-order valence-corrected chi connectivity index (χ3v) is 5.98. The largest absolute Gasteiger partial charge is 0.508 e. The van der Waals surface area contributed by atoms with E-state index in [-0.39, 0.29) is 23.0 Å². The summed E-state index contributed by atoms with van der Waals surface area (Å²) >= 11 is 2.71. The summed E-state index contributed by atoms with van der Waals surface area (Å²) in [5.41, 5.74) is 1.48. The van der Waals surface area contributed by atoms with Crippen molar-refractivity contribution in [2.24, 2.45) is 7.05 Å². The van der Waals surface area contributed by atoms with Crippen molar-refractivity contribution >= 4 is 44.9 Å². The van der Waals surface area contributed by atoms with Gasteiger partial charge in [0.05, 0.1) is 11.1 Å². The predicted octanol–water partition coefficient (Wildman–Crippen LogP) is 3.05. The lowest BCUT2D eigenvalue weighted by atomic mass is 10.2. The van der Waals surface area contributed by atoms with Gasteiger partial charge in [-0.15, -0.1) is 11.3 Å². The zero-order valence-corrected chi connectivity index (χ0v) is 15.6. The van der Waals surface area contributed by atoms with E-state index in [0.29, 0.717) is 21.1 Å². The molecule has 8 heteroatoms. The maximum Gasteiger partial charge on any atom is 0.262 e. The topological polar surface area (TPSA) is 84.2 Å². The number of aryl methyl sites for hydroxylation is 2. The SMILES string of the molecule is Cc1sc2nc(SCC(=O)Nc3ccc(O)cc3)n(C)c(=O)c2c1C. The summed E-state index contributed by atoms with van der Waals surface area (Å²) in [7, 11) is 1.67. The number of hydrogen-bond donors (Lipinski definition) is 2. The molecule has 0 radical (unpaired) electrons. The van der Waals surface area contributed by atoms with Crippen molar-refractivity contribution in [1.82, 2.24) is 9.55 Å². The van der Waals surface area contributed by atoms with E-state index in [2.05, 4.69) is 10.3 Å². The Balaban J connectivity index is 1.77. The number of nitrogens with one attached hydrogen (secondary N) is 1. The first kappa shape index (κ1) is 17.5. The molecule has 130 valence electrons. The number of carbonyl (C=O) groups is 1. The lowest BCUT2D eigenvalue weighted by molar-refractivity contribution is -0.113. The summed E-state index contributed by atoms with van der Waals surface area (Å²) in [5.74, 6) is 0.0701. The standard InChI is InChI=1S/C17H17N3O3S2/c1-9-10(2)25-15-14(9)16(23)20(3)17(19-15)24-8-13(22)18-11-4-6-12(21)7-5-11/h4-7,21H,8H2,1-3H3,(H,18,22). The number of phenols is 1. The monoisotopic (exact) mass is 375 g/mol. The fraction of sp³-hybridized carbons (Fsp3) is 0.235. The smallest absolute Gasteiger partial charge is 0.262 e. The second kappa shape index (κ2) is 6.89. The van der Waals surface area contributed by atoms with Gasteiger partial charge in [-0.2, -0.15) is 0 Å². The van der Waals surface area contributed by atoms with Crippen LogP contribution in [0, 0.1) is 13.8 Å². The highest BCUT2D eigenvalue weighted by atomic mass is 32.2. The Kier molecular flexibility index (Phi) is 4.82. The number of rotatable bonds is 4. The van der Waals surface area contributed by atoms with Crippen LogP contribution in [-0.2, 0) is 11.8 Å². The average Bonchev–Trinajstić information content (AvgIpc) is 2.86. The number of amides is 1. The van der Waals surface area contributed by atoms with Gasteiger partial charge < -0.3 is 10.4 Å². The molecule has 25 heavy (non-hydrogen) atoms. The number of anilines is 1. The maximum atomic E-state index is 12.5. The molecule has 0 unspecified atom stereocenters. The second-order valence-electron chi connectivity index (χ2n) is 5.61. The predicted molar refractivity (Wildman–Crippen MR) is 102 cm³/mol. The van der Waals surface area contributed by atoms with Gasteiger partial charge in [0, 0.05) is 17.6 Å². The van der Waals surface area contributed by atoms with Crippen LogP contribution in [0.25, 0.3) is 10.2 Å². The minimum atomic E-state index is -0.205. The number of benzene rings is 1. The first-order chi connectivity index (χ1) is 11.9. The molecular formula is C17H17N3O3S2. The molecule has 2 heterocycles. The molecule has 6 nitrogen and oxygen atoms in total. The van der Waals surface area contributed by atoms with E-state index in [1.54, 1.807) is 19.2 Å². The number of nitrogens with zero attached hydrogens (tertiary/aromatic N) is 2. The van der Waals surface area contributed by atoms with Gasteiger partial charge in [-0.3, -0.25) is 14.2 Å². The van der Waals surface area contributed by atoms with Gasteiger partial charge in [0.25, 0.3) is 5.56 Å². The van der Waals surface area contributed by atoms with Crippen molar-refractivity contribution in [2.45, 2.75) is 19.0 Å². The lowest BCUT2D eigenvalue weighted by Gasteiger charge is -2.08. The minimum absolute atomic E-state index is 0.0895. The zero-order chi connectivity index (χ0) is 18.1. The molecule has 0 aliphatic heterocycles. The Morgan fingerprint density at radius 1 is 1.32 bits per heavy atom. The van der Waals surface area contributed by atoms with Crippen molar-refractivity contribution in [3.63, 3.8) is 0 Å². The van der Waals surface area contributed by atoms with Crippen molar-refractivity contribution in [2.75, 3.05) is 11.1 Å². The van der Waals surface area contributed by atoms with E-state index >= 15 is 0 Å². The number of carbonyl (C=O) groups excluding carboxylic acids is 1. The number of phenolic OH excluding ortho intramolecular Hbond substituents is 1. The summed E-state index contributed by atoms with van der Waals surface area (Å²) in [6, 6.07) is 6.25. The Labute approximate surface area is 152 Å². The molecule has 0 fully saturated rings. The first-order valence-electron chi connectivity index (χ1n) is 7.55. The number of thiophene rings is 1. The molecule has 0 atom stereocenters. The average molecular weight is 375 g/mol. The van der Waals surface area contributed by atoms with E-state index in [1.165, 1.54) is 39.8 Å². The van der Waals surface area contributed by atoms with Crippen molar-refractivity contribution < 1.29 is 9.90 Å². The van der Waals surface area contributed by atoms with Crippen LogP contribution < -0.4 is 10.9 Å². The van der Waals surface area contributed by atoms with Crippen molar-refractivity contribution in [3.05, 3.63) is 45.1 Å². The van der Waals surface area contributed by atoms with Gasteiger partial charge in [0.2, 0.25) is 5.91 Å². The maximum absolute atomic E-state index is 12.5.